The Labute approximate surface area is 210 Å². The molecule has 0 fully saturated rings. The molecule has 0 aliphatic heterocycles. The lowest BCUT2D eigenvalue weighted by molar-refractivity contribution is -0.140. The molecule has 192 valence electrons. The zero-order valence-electron chi connectivity index (χ0n) is 20.1. The quantitative estimate of drug-likeness (QED) is 0.261. The van der Waals surface area contributed by atoms with E-state index in [1.165, 1.54) is 12.1 Å². The number of rotatable bonds is 10. The third kappa shape index (κ3) is 6.70. The lowest BCUT2D eigenvalue weighted by atomic mass is 9.99. The molecular weight excluding hydrogens is 483 g/mol. The molecule has 10 nitrogen and oxygen atoms in total. The molecule has 3 aromatic rings. The summed E-state index contributed by atoms with van der Waals surface area (Å²) in [6, 6.07) is 5.10. The number of fused-ring (bicyclic) bond motifs is 1. The summed E-state index contributed by atoms with van der Waals surface area (Å²) in [5, 5.41) is 23.5. The van der Waals surface area contributed by atoms with Crippen LogP contribution in [-0.4, -0.2) is 50.1 Å². The van der Waals surface area contributed by atoms with E-state index in [0.29, 0.717) is 23.1 Å². The van der Waals surface area contributed by atoms with E-state index >= 15 is 0 Å². The number of nitrogens with one attached hydrogen (secondary N) is 3. The number of terminal acetylenes is 1. The molecule has 0 saturated carbocycles. The number of nitrogens with zero attached hydrogens (tertiary/aromatic N) is 1. The molecule has 5 N–H and O–H groups in total. The molecule has 0 spiro atoms. The van der Waals surface area contributed by atoms with Gasteiger partial charge in [-0.15, -0.1) is 6.42 Å². The van der Waals surface area contributed by atoms with Crippen molar-refractivity contribution in [3.63, 3.8) is 0 Å². The van der Waals surface area contributed by atoms with E-state index in [2.05, 4.69) is 26.5 Å². The first-order valence-corrected chi connectivity index (χ1v) is 11.3. The van der Waals surface area contributed by atoms with E-state index in [-0.39, 0.29) is 17.7 Å². The van der Waals surface area contributed by atoms with Gasteiger partial charge in [0.15, 0.2) is 0 Å². The summed E-state index contributed by atoms with van der Waals surface area (Å²) in [5.74, 6) is -1.46. The summed E-state index contributed by atoms with van der Waals surface area (Å²) >= 11 is 0. The van der Waals surface area contributed by atoms with E-state index in [4.69, 9.17) is 11.5 Å². The molecule has 1 aromatic heterocycles. The van der Waals surface area contributed by atoms with Crippen molar-refractivity contribution in [3.05, 3.63) is 69.0 Å². The van der Waals surface area contributed by atoms with Crippen molar-refractivity contribution in [1.82, 2.24) is 15.3 Å². The van der Waals surface area contributed by atoms with Crippen molar-refractivity contribution in [1.29, 1.82) is 0 Å². The van der Waals surface area contributed by atoms with Gasteiger partial charge in [-0.3, -0.25) is 14.4 Å². The SMILES string of the molecule is C#CC(Cc1cc2c(=O)[nH]c(C)nc2cc1C)Nc1ccc(C(=O)N[C@@H](CCC(=O)O)C(=O)O)c(F)c1. The Hall–Kier alpha value is -4.72. The van der Waals surface area contributed by atoms with Crippen LogP contribution in [0, 0.1) is 32.0 Å². The Morgan fingerprint density at radius 2 is 1.92 bits per heavy atom. The first-order valence-electron chi connectivity index (χ1n) is 11.3. The van der Waals surface area contributed by atoms with Crippen LogP contribution in [0.3, 0.4) is 0 Å². The van der Waals surface area contributed by atoms with Crippen LogP contribution in [0.15, 0.2) is 35.1 Å². The lowest BCUT2D eigenvalue weighted by Crippen LogP contribution is -2.41. The van der Waals surface area contributed by atoms with Gasteiger partial charge in [0, 0.05) is 18.5 Å². The second kappa shape index (κ2) is 11.3. The van der Waals surface area contributed by atoms with Gasteiger partial charge in [0.05, 0.1) is 22.5 Å². The van der Waals surface area contributed by atoms with Crippen LogP contribution in [0.2, 0.25) is 0 Å². The fourth-order valence-electron chi connectivity index (χ4n) is 3.80. The van der Waals surface area contributed by atoms with Crippen molar-refractivity contribution >= 4 is 34.4 Å². The average Bonchev–Trinajstić information content (AvgIpc) is 2.81. The van der Waals surface area contributed by atoms with Gasteiger partial charge in [0.2, 0.25) is 0 Å². The topological polar surface area (TPSA) is 161 Å². The number of carbonyl (C=O) groups is 3. The van der Waals surface area contributed by atoms with Crippen LogP contribution in [0.25, 0.3) is 10.9 Å². The number of halogens is 1. The van der Waals surface area contributed by atoms with Crippen LogP contribution in [0.5, 0.6) is 0 Å². The third-order valence-electron chi connectivity index (χ3n) is 5.71. The number of carboxylic acid groups (broad SMARTS) is 2. The average molecular weight is 509 g/mol. The molecule has 1 unspecified atom stereocenters. The number of aromatic amines is 1. The first kappa shape index (κ1) is 26.9. The molecule has 1 amide bonds. The van der Waals surface area contributed by atoms with Crippen LogP contribution < -0.4 is 16.2 Å². The minimum atomic E-state index is -1.48. The van der Waals surface area contributed by atoms with Crippen LogP contribution in [-0.2, 0) is 16.0 Å². The summed E-state index contributed by atoms with van der Waals surface area (Å²) in [5.41, 5.74) is 1.86. The molecule has 0 radical (unpaired) electrons. The molecule has 0 aliphatic carbocycles. The zero-order valence-corrected chi connectivity index (χ0v) is 20.1. The van der Waals surface area contributed by atoms with Gasteiger partial charge >= 0.3 is 11.9 Å². The van der Waals surface area contributed by atoms with Gasteiger partial charge in [-0.1, -0.05) is 5.92 Å². The van der Waals surface area contributed by atoms with Crippen LogP contribution >= 0.6 is 0 Å². The summed E-state index contributed by atoms with van der Waals surface area (Å²) in [7, 11) is 0. The number of benzene rings is 2. The highest BCUT2D eigenvalue weighted by Crippen LogP contribution is 2.20. The normalized spacial score (nSPS) is 12.4. The second-order valence-electron chi connectivity index (χ2n) is 8.51. The van der Waals surface area contributed by atoms with Gasteiger partial charge in [-0.2, -0.15) is 0 Å². The third-order valence-corrected chi connectivity index (χ3v) is 5.71. The molecule has 0 bridgehead atoms. The molecule has 0 saturated heterocycles. The van der Waals surface area contributed by atoms with Crippen molar-refractivity contribution in [2.24, 2.45) is 0 Å². The number of anilines is 1. The standard InChI is InChI=1S/C26H25FN4O6/c1-4-16(10-15-11-19-22(9-13(15)2)28-14(3)29-25(19)35)30-17-5-6-18(20(27)12-17)24(34)31-21(26(36)37)7-8-23(32)33/h1,5-6,9,11-12,16,21,30H,7-8,10H2,2-3H3,(H,31,34)(H,32,33)(H,36,37)(H,28,29,35)/t16?,21-/m0/s1. The fraction of sp³-hybridized carbons (Fsp3) is 0.269. The number of hydrogen-bond acceptors (Lipinski definition) is 6. The Bertz CT molecular complexity index is 1480. The van der Waals surface area contributed by atoms with E-state index in [0.717, 1.165) is 17.2 Å². The van der Waals surface area contributed by atoms with Crippen molar-refractivity contribution in [3.8, 4) is 12.3 Å². The number of aliphatic carboxylic acids is 2. The monoisotopic (exact) mass is 508 g/mol. The van der Waals surface area contributed by atoms with Crippen molar-refractivity contribution in [2.75, 3.05) is 5.32 Å². The number of carbonyl (C=O) groups excluding carboxylic acids is 1. The van der Waals surface area contributed by atoms with Crippen LogP contribution in [0.1, 0.15) is 40.2 Å². The Morgan fingerprint density at radius 1 is 1.19 bits per heavy atom. The Balaban J connectivity index is 1.75. The number of carboxylic acids is 2. The van der Waals surface area contributed by atoms with Gasteiger partial charge in [0.1, 0.15) is 17.7 Å². The summed E-state index contributed by atoms with van der Waals surface area (Å²) in [6.07, 6.45) is 5.18. The highest BCUT2D eigenvalue weighted by molar-refractivity contribution is 5.97. The molecule has 37 heavy (non-hydrogen) atoms. The Morgan fingerprint density at radius 3 is 2.54 bits per heavy atom. The number of H-pyrrole nitrogens is 1. The summed E-state index contributed by atoms with van der Waals surface area (Å²) in [6.45, 7) is 3.56. The predicted molar refractivity (Wildman–Crippen MR) is 134 cm³/mol. The van der Waals surface area contributed by atoms with Gasteiger partial charge in [-0.05, 0) is 61.7 Å². The number of aromatic nitrogens is 2. The highest BCUT2D eigenvalue weighted by atomic mass is 19.1. The van der Waals surface area contributed by atoms with Crippen LogP contribution in [0.4, 0.5) is 10.1 Å². The molecular formula is C26H25FN4O6. The fourth-order valence-corrected chi connectivity index (χ4v) is 3.80. The number of aryl methyl sites for hydroxylation is 2. The van der Waals surface area contributed by atoms with E-state index in [9.17, 15) is 28.7 Å². The molecule has 0 aliphatic rings. The number of hydrogen-bond donors (Lipinski definition) is 5. The molecule has 11 heteroatoms. The smallest absolute Gasteiger partial charge is 0.326 e. The second-order valence-corrected chi connectivity index (χ2v) is 8.51. The zero-order chi connectivity index (χ0) is 27.3. The van der Waals surface area contributed by atoms with Crippen molar-refractivity contribution in [2.45, 2.75) is 45.2 Å². The molecule has 1 heterocycles. The summed E-state index contributed by atoms with van der Waals surface area (Å²) in [4.78, 5) is 53.7. The maximum absolute atomic E-state index is 14.7. The molecule has 3 rings (SSSR count). The first-order chi connectivity index (χ1) is 17.5. The van der Waals surface area contributed by atoms with Gasteiger partial charge in [-0.25, -0.2) is 14.2 Å². The minimum Gasteiger partial charge on any atom is -0.481 e. The summed E-state index contributed by atoms with van der Waals surface area (Å²) < 4.78 is 14.7. The molecule has 2 aromatic carbocycles. The largest absolute Gasteiger partial charge is 0.481 e. The van der Waals surface area contributed by atoms with E-state index < -0.39 is 47.7 Å². The van der Waals surface area contributed by atoms with Gasteiger partial charge < -0.3 is 25.8 Å². The van der Waals surface area contributed by atoms with E-state index in [1.54, 1.807) is 19.1 Å². The Kier molecular flexibility index (Phi) is 8.24. The molecule has 2 atom stereocenters. The lowest BCUT2D eigenvalue weighted by Gasteiger charge is -2.17. The van der Waals surface area contributed by atoms with E-state index in [1.807, 2.05) is 6.92 Å². The van der Waals surface area contributed by atoms with Crippen molar-refractivity contribution < 1.29 is 29.0 Å². The highest BCUT2D eigenvalue weighted by Gasteiger charge is 2.23. The maximum atomic E-state index is 14.7. The number of amides is 1. The van der Waals surface area contributed by atoms with Gasteiger partial charge in [0.25, 0.3) is 11.5 Å². The predicted octanol–water partition coefficient (Wildman–Crippen LogP) is 2.38. The maximum Gasteiger partial charge on any atom is 0.326 e. The minimum absolute atomic E-state index is 0.266.